The third kappa shape index (κ3) is 3.75. The van der Waals surface area contributed by atoms with E-state index >= 15 is 0 Å². The van der Waals surface area contributed by atoms with E-state index in [9.17, 15) is 8.42 Å². The van der Waals surface area contributed by atoms with E-state index in [-0.39, 0.29) is 0 Å². The molecule has 0 aromatic heterocycles. The van der Waals surface area contributed by atoms with Gasteiger partial charge in [0.05, 0.1) is 17.7 Å². The quantitative estimate of drug-likeness (QED) is 0.716. The summed E-state index contributed by atoms with van der Waals surface area (Å²) in [4.78, 5) is 2.58. The molecule has 1 saturated heterocycles. The van der Waals surface area contributed by atoms with Gasteiger partial charge in [-0.15, -0.1) is 0 Å². The largest absolute Gasteiger partial charge is 0.495 e. The van der Waals surface area contributed by atoms with Crippen LogP contribution in [0.15, 0.2) is 51.8 Å². The van der Waals surface area contributed by atoms with Gasteiger partial charge >= 0.3 is 0 Å². The summed E-state index contributed by atoms with van der Waals surface area (Å²) in [7, 11) is -1.84. The van der Waals surface area contributed by atoms with Crippen LogP contribution < -0.4 is 9.64 Å². The molecule has 26 heavy (non-hydrogen) atoms. The summed E-state index contributed by atoms with van der Waals surface area (Å²) in [5.74, 6) is 0.810. The molecule has 7 heteroatoms. The third-order valence-corrected chi connectivity index (χ3v) is 7.18. The van der Waals surface area contributed by atoms with Crippen molar-refractivity contribution in [2.24, 2.45) is 0 Å². The molecule has 0 aliphatic carbocycles. The predicted octanol–water partition coefficient (Wildman–Crippen LogP) is 3.53. The van der Waals surface area contributed by atoms with Gasteiger partial charge < -0.3 is 9.64 Å². The summed E-state index contributed by atoms with van der Waals surface area (Å²) >= 11 is 3.42. The van der Waals surface area contributed by atoms with Gasteiger partial charge in [0.1, 0.15) is 5.75 Å². The van der Waals surface area contributed by atoms with Crippen molar-refractivity contribution in [3.05, 3.63) is 52.5 Å². The number of methoxy groups -OCH3 is 1. The molecule has 3 rings (SSSR count). The lowest BCUT2D eigenvalue weighted by Gasteiger charge is -2.36. The highest BCUT2D eigenvalue weighted by atomic mass is 79.9. The molecule has 5 nitrogen and oxygen atoms in total. The Balaban J connectivity index is 1.79. The van der Waals surface area contributed by atoms with Crippen molar-refractivity contribution in [1.82, 2.24) is 4.31 Å². The molecule has 0 N–H and O–H groups in total. The van der Waals surface area contributed by atoms with E-state index in [2.05, 4.69) is 20.8 Å². The molecule has 2 aromatic rings. The van der Waals surface area contributed by atoms with E-state index < -0.39 is 10.0 Å². The molecule has 0 bridgehead atoms. The lowest BCUT2D eigenvalue weighted by molar-refractivity contribution is 0.378. The SMILES string of the molecule is CCc1cc(Br)ccc1S(=O)(=O)N1CCN(c2ccccc2OC)CC1. The maximum atomic E-state index is 13.1. The smallest absolute Gasteiger partial charge is 0.243 e. The predicted molar refractivity (Wildman–Crippen MR) is 107 cm³/mol. The number of para-hydroxylation sites is 2. The number of aryl methyl sites for hydroxylation is 1. The van der Waals surface area contributed by atoms with Gasteiger partial charge in [0.2, 0.25) is 10.0 Å². The van der Waals surface area contributed by atoms with E-state index in [0.29, 0.717) is 37.5 Å². The first-order valence-electron chi connectivity index (χ1n) is 8.64. The van der Waals surface area contributed by atoms with Crippen molar-refractivity contribution < 1.29 is 13.2 Å². The van der Waals surface area contributed by atoms with Gasteiger partial charge in [-0.2, -0.15) is 4.31 Å². The van der Waals surface area contributed by atoms with Crippen LogP contribution in [0.5, 0.6) is 5.75 Å². The van der Waals surface area contributed by atoms with Gasteiger partial charge in [-0.05, 0) is 42.3 Å². The molecule has 0 radical (unpaired) electrons. The van der Waals surface area contributed by atoms with E-state index in [1.54, 1.807) is 23.5 Å². The molecule has 2 aromatic carbocycles. The van der Waals surface area contributed by atoms with Crippen LogP contribution in [0.2, 0.25) is 0 Å². The van der Waals surface area contributed by atoms with Crippen molar-refractivity contribution in [2.75, 3.05) is 38.2 Å². The number of anilines is 1. The van der Waals surface area contributed by atoms with Crippen LogP contribution in [0.1, 0.15) is 12.5 Å². The Kier molecular flexibility index (Phi) is 5.89. The Morgan fingerprint density at radius 2 is 1.77 bits per heavy atom. The molecular weight excluding hydrogens is 416 g/mol. The number of sulfonamides is 1. The number of rotatable bonds is 5. The molecule has 0 unspecified atom stereocenters. The molecule has 0 atom stereocenters. The summed E-state index contributed by atoms with van der Waals surface area (Å²) < 4.78 is 34.1. The minimum Gasteiger partial charge on any atom is -0.495 e. The van der Waals surface area contributed by atoms with Crippen LogP contribution in [0.3, 0.4) is 0 Å². The highest BCUT2D eigenvalue weighted by Crippen LogP contribution is 2.30. The number of piperazine rings is 1. The Bertz CT molecular complexity index is 878. The van der Waals surface area contributed by atoms with Gasteiger partial charge in [-0.3, -0.25) is 0 Å². The Morgan fingerprint density at radius 3 is 2.42 bits per heavy atom. The fourth-order valence-electron chi connectivity index (χ4n) is 3.28. The number of benzene rings is 2. The van der Waals surface area contributed by atoms with Crippen LogP contribution in [-0.2, 0) is 16.4 Å². The number of hydrogen-bond acceptors (Lipinski definition) is 4. The Labute approximate surface area is 163 Å². The fourth-order valence-corrected chi connectivity index (χ4v) is 5.38. The average molecular weight is 439 g/mol. The van der Waals surface area contributed by atoms with Gasteiger partial charge in [0.25, 0.3) is 0 Å². The third-order valence-electron chi connectivity index (χ3n) is 4.69. The maximum Gasteiger partial charge on any atom is 0.243 e. The first-order valence-corrected chi connectivity index (χ1v) is 10.9. The van der Waals surface area contributed by atoms with Crippen molar-refractivity contribution in [2.45, 2.75) is 18.2 Å². The molecule has 1 aliphatic heterocycles. The van der Waals surface area contributed by atoms with Gasteiger partial charge in [0, 0.05) is 30.7 Å². The minimum atomic E-state index is -3.49. The van der Waals surface area contributed by atoms with Gasteiger partial charge in [-0.1, -0.05) is 35.0 Å². The minimum absolute atomic E-state index is 0.411. The van der Waals surface area contributed by atoms with Crippen LogP contribution >= 0.6 is 15.9 Å². The zero-order valence-electron chi connectivity index (χ0n) is 15.0. The monoisotopic (exact) mass is 438 g/mol. The summed E-state index contributed by atoms with van der Waals surface area (Å²) in [5.41, 5.74) is 1.84. The van der Waals surface area contributed by atoms with Crippen molar-refractivity contribution >= 4 is 31.6 Å². The van der Waals surface area contributed by atoms with Crippen LogP contribution in [-0.4, -0.2) is 46.0 Å². The number of nitrogens with zero attached hydrogens (tertiary/aromatic N) is 2. The number of ether oxygens (including phenoxy) is 1. The van der Waals surface area contributed by atoms with Crippen LogP contribution in [0, 0.1) is 0 Å². The van der Waals surface area contributed by atoms with Crippen LogP contribution in [0.4, 0.5) is 5.69 Å². The number of hydrogen-bond donors (Lipinski definition) is 0. The highest BCUT2D eigenvalue weighted by Gasteiger charge is 2.30. The number of halogens is 1. The lowest BCUT2D eigenvalue weighted by Crippen LogP contribution is -2.48. The van der Waals surface area contributed by atoms with Gasteiger partial charge in [-0.25, -0.2) is 8.42 Å². The summed E-state index contributed by atoms with van der Waals surface area (Å²) in [6.07, 6.45) is 0.676. The van der Waals surface area contributed by atoms with E-state index in [1.165, 1.54) is 0 Å². The van der Waals surface area contributed by atoms with E-state index in [0.717, 1.165) is 21.5 Å². The van der Waals surface area contributed by atoms with E-state index in [4.69, 9.17) is 4.74 Å². The van der Waals surface area contributed by atoms with Crippen LogP contribution in [0.25, 0.3) is 0 Å². The lowest BCUT2D eigenvalue weighted by atomic mass is 10.2. The second-order valence-corrected chi connectivity index (χ2v) is 8.99. The molecular formula is C19H23BrN2O3S. The molecule has 1 aliphatic rings. The fraction of sp³-hybridized carbons (Fsp3) is 0.368. The molecule has 1 fully saturated rings. The first-order chi connectivity index (χ1) is 12.5. The molecule has 1 heterocycles. The molecule has 0 amide bonds. The second-order valence-electron chi connectivity index (χ2n) is 6.17. The van der Waals surface area contributed by atoms with Crippen molar-refractivity contribution in [3.8, 4) is 5.75 Å². The van der Waals surface area contributed by atoms with Crippen molar-refractivity contribution in [3.63, 3.8) is 0 Å². The van der Waals surface area contributed by atoms with Gasteiger partial charge in [0.15, 0.2) is 0 Å². The zero-order valence-corrected chi connectivity index (χ0v) is 17.4. The molecule has 140 valence electrons. The Hall–Kier alpha value is -1.57. The molecule has 0 spiro atoms. The average Bonchev–Trinajstić information content (AvgIpc) is 2.67. The summed E-state index contributed by atoms with van der Waals surface area (Å²) in [5, 5.41) is 0. The normalized spacial score (nSPS) is 15.9. The summed E-state index contributed by atoms with van der Waals surface area (Å²) in [6, 6.07) is 13.2. The zero-order chi connectivity index (χ0) is 18.7. The van der Waals surface area contributed by atoms with E-state index in [1.807, 2.05) is 37.3 Å². The first kappa shape index (κ1) is 19.2. The highest BCUT2D eigenvalue weighted by molar-refractivity contribution is 9.10. The second kappa shape index (κ2) is 7.98. The maximum absolute atomic E-state index is 13.1. The van der Waals surface area contributed by atoms with Crippen molar-refractivity contribution in [1.29, 1.82) is 0 Å². The topological polar surface area (TPSA) is 49.9 Å². The Morgan fingerprint density at radius 1 is 1.08 bits per heavy atom. The standard InChI is InChI=1S/C19H23BrN2O3S/c1-3-15-14-16(20)8-9-19(15)26(23,24)22-12-10-21(11-13-22)17-6-4-5-7-18(17)25-2/h4-9,14H,3,10-13H2,1-2H3. The molecule has 0 saturated carbocycles. The summed E-state index contributed by atoms with van der Waals surface area (Å²) in [6.45, 7) is 4.16.